The van der Waals surface area contributed by atoms with E-state index in [1.54, 1.807) is 0 Å². The molecule has 1 aliphatic carbocycles. The molecule has 6 heteroatoms. The highest BCUT2D eigenvalue weighted by Gasteiger charge is 2.36. The van der Waals surface area contributed by atoms with Crippen LogP contribution in [0.5, 0.6) is 0 Å². The van der Waals surface area contributed by atoms with Gasteiger partial charge in [0.15, 0.2) is 0 Å². The number of hydrogen-bond donors (Lipinski definition) is 1. The maximum atomic E-state index is 12.6. The molecule has 0 amide bonds. The van der Waals surface area contributed by atoms with Crippen molar-refractivity contribution < 1.29 is 9.13 Å². The summed E-state index contributed by atoms with van der Waals surface area (Å²) in [6.07, 6.45) is 10.8. The first-order valence-electron chi connectivity index (χ1n) is 10.1. The summed E-state index contributed by atoms with van der Waals surface area (Å²) in [5, 5.41) is 2.19. The van der Waals surface area contributed by atoms with E-state index in [4.69, 9.17) is 4.74 Å². The topological polar surface area (TPSA) is 50.3 Å². The van der Waals surface area contributed by atoms with Gasteiger partial charge in [-0.25, -0.2) is 9.37 Å². The van der Waals surface area contributed by atoms with Gasteiger partial charge in [0, 0.05) is 30.1 Å². The van der Waals surface area contributed by atoms with Crippen LogP contribution in [-0.2, 0) is 4.74 Å². The monoisotopic (exact) mass is 382 g/mol. The second kappa shape index (κ2) is 9.15. The van der Waals surface area contributed by atoms with Gasteiger partial charge in [0.1, 0.15) is 12.5 Å². The molecule has 4 rings (SSSR count). The van der Waals surface area contributed by atoms with Crippen LogP contribution < -0.4 is 10.4 Å². The number of anilines is 1. The number of rotatable bonds is 5. The van der Waals surface area contributed by atoms with Crippen LogP contribution in [0.25, 0.3) is 5.57 Å². The minimum absolute atomic E-state index is 0.139. The molecule has 1 saturated carbocycles. The lowest BCUT2D eigenvalue weighted by molar-refractivity contribution is 0.0241. The molecule has 1 N–H and O–H groups in total. The van der Waals surface area contributed by atoms with Crippen molar-refractivity contribution in [1.82, 2.24) is 15.4 Å². The molecule has 1 aliphatic heterocycles. The summed E-state index contributed by atoms with van der Waals surface area (Å²) in [5.41, 5.74) is 5.70. The Morgan fingerprint density at radius 1 is 1.04 bits per heavy atom. The van der Waals surface area contributed by atoms with Crippen LogP contribution in [0.2, 0.25) is 0 Å². The van der Waals surface area contributed by atoms with E-state index in [9.17, 15) is 4.39 Å². The van der Waals surface area contributed by atoms with Crippen LogP contribution in [0, 0.1) is 5.92 Å². The van der Waals surface area contributed by atoms with Gasteiger partial charge in [-0.2, -0.15) is 0 Å². The van der Waals surface area contributed by atoms with Crippen molar-refractivity contribution >= 4 is 11.4 Å². The lowest BCUT2D eigenvalue weighted by Crippen LogP contribution is -2.52. The third-order valence-electron chi connectivity index (χ3n) is 5.67. The molecule has 0 aromatic carbocycles. The van der Waals surface area contributed by atoms with Crippen molar-refractivity contribution in [2.24, 2.45) is 5.92 Å². The molecule has 148 valence electrons. The molecule has 3 unspecified atom stereocenters. The number of hydrazine groups is 1. The van der Waals surface area contributed by atoms with Crippen molar-refractivity contribution in [2.75, 3.05) is 18.3 Å². The molecule has 2 aliphatic rings. The third kappa shape index (κ3) is 4.17. The number of hydrogen-bond acceptors (Lipinski definition) is 5. The summed E-state index contributed by atoms with van der Waals surface area (Å²) in [4.78, 5) is 9.14. The average Bonchev–Trinajstić information content (AvgIpc) is 2.74. The van der Waals surface area contributed by atoms with Gasteiger partial charge in [-0.3, -0.25) is 9.99 Å². The molecule has 1 fully saturated rings. The van der Waals surface area contributed by atoms with Crippen molar-refractivity contribution in [3.63, 3.8) is 0 Å². The van der Waals surface area contributed by atoms with Crippen molar-refractivity contribution in [3.05, 3.63) is 60.7 Å². The molecular weight excluding hydrogens is 355 g/mol. The van der Waals surface area contributed by atoms with E-state index in [2.05, 4.69) is 32.7 Å². The predicted molar refractivity (Wildman–Crippen MR) is 108 cm³/mol. The van der Waals surface area contributed by atoms with E-state index in [0.29, 0.717) is 12.0 Å². The smallest absolute Gasteiger partial charge is 0.147 e. The molecule has 0 radical (unpaired) electrons. The number of nitrogens with zero attached hydrogens (tertiary/aromatic N) is 3. The Morgan fingerprint density at radius 2 is 1.89 bits per heavy atom. The lowest BCUT2D eigenvalue weighted by atomic mass is 9.79. The summed E-state index contributed by atoms with van der Waals surface area (Å²) in [5.74, 6) is 1.24. The fourth-order valence-corrected chi connectivity index (χ4v) is 4.38. The van der Waals surface area contributed by atoms with Gasteiger partial charge in [0.25, 0.3) is 0 Å². The first-order chi connectivity index (χ1) is 13.9. The Hall–Kier alpha value is -2.47. The number of aromatic nitrogens is 2. The minimum Gasteiger partial charge on any atom is -0.376 e. The maximum Gasteiger partial charge on any atom is 0.147 e. The highest BCUT2D eigenvalue weighted by atomic mass is 19.1. The summed E-state index contributed by atoms with van der Waals surface area (Å²) in [6, 6.07) is 12.3. The lowest BCUT2D eigenvalue weighted by Gasteiger charge is -2.44. The van der Waals surface area contributed by atoms with Gasteiger partial charge < -0.3 is 10.2 Å². The second-order valence-corrected chi connectivity index (χ2v) is 7.37. The van der Waals surface area contributed by atoms with Crippen LogP contribution >= 0.6 is 0 Å². The number of pyridine rings is 2. The fourth-order valence-electron chi connectivity index (χ4n) is 4.38. The zero-order valence-corrected chi connectivity index (χ0v) is 16.0. The van der Waals surface area contributed by atoms with Crippen LogP contribution in [0.4, 0.5) is 10.2 Å². The first kappa shape index (κ1) is 18.9. The number of fused-ring (bicyclic) bond motifs is 1. The highest BCUT2D eigenvalue weighted by molar-refractivity contribution is 5.67. The second-order valence-electron chi connectivity index (χ2n) is 7.37. The normalized spacial score (nSPS) is 25.1. The molecule has 2 aromatic rings. The van der Waals surface area contributed by atoms with E-state index in [1.165, 1.54) is 5.57 Å². The average molecular weight is 382 g/mol. The summed E-state index contributed by atoms with van der Waals surface area (Å²) in [7, 11) is 0. The van der Waals surface area contributed by atoms with Crippen LogP contribution in [0.3, 0.4) is 0 Å². The largest absolute Gasteiger partial charge is 0.376 e. The SMILES string of the molecule is FCCOC1CCCC2C(CC1)C(c1ccccn1)=CNN2c1ccccn1. The zero-order valence-electron chi connectivity index (χ0n) is 16.0. The molecule has 5 nitrogen and oxygen atoms in total. The van der Waals surface area contributed by atoms with Gasteiger partial charge in [-0.05, 0) is 56.4 Å². The Balaban J connectivity index is 1.62. The molecule has 2 aromatic heterocycles. The molecule has 3 atom stereocenters. The fraction of sp³-hybridized carbons (Fsp3) is 0.455. The Bertz CT molecular complexity index is 771. The molecule has 0 bridgehead atoms. The van der Waals surface area contributed by atoms with Gasteiger partial charge in [0.05, 0.1) is 24.4 Å². The molecule has 0 spiro atoms. The third-order valence-corrected chi connectivity index (χ3v) is 5.67. The number of halogens is 1. The van der Waals surface area contributed by atoms with Crippen molar-refractivity contribution in [1.29, 1.82) is 0 Å². The Labute approximate surface area is 165 Å². The van der Waals surface area contributed by atoms with Crippen molar-refractivity contribution in [2.45, 2.75) is 44.2 Å². The molecular formula is C22H27FN4O. The summed E-state index contributed by atoms with van der Waals surface area (Å²) in [6.45, 7) is -0.220. The molecule has 3 heterocycles. The van der Waals surface area contributed by atoms with E-state index in [1.807, 2.05) is 42.7 Å². The molecule has 0 saturated heterocycles. The molecule has 28 heavy (non-hydrogen) atoms. The standard InChI is InChI=1S/C22H27FN4O/c23-12-15-28-17-6-5-8-21-18(11-10-17)19(20-7-1-3-13-24-20)16-26-27(21)22-9-2-4-14-25-22/h1-4,7,9,13-14,16-18,21,26H,5-6,8,10-12,15H2. The van der Waals surface area contributed by atoms with Gasteiger partial charge >= 0.3 is 0 Å². The van der Waals surface area contributed by atoms with Crippen LogP contribution in [-0.4, -0.2) is 35.4 Å². The Kier molecular flexibility index (Phi) is 6.17. The predicted octanol–water partition coefficient (Wildman–Crippen LogP) is 4.15. The van der Waals surface area contributed by atoms with Crippen molar-refractivity contribution in [3.8, 4) is 0 Å². The summed E-state index contributed by atoms with van der Waals surface area (Å²) < 4.78 is 18.3. The van der Waals surface area contributed by atoms with Gasteiger partial charge in [-0.1, -0.05) is 12.1 Å². The van der Waals surface area contributed by atoms with E-state index in [-0.39, 0.29) is 12.7 Å². The minimum atomic E-state index is -0.418. The summed E-state index contributed by atoms with van der Waals surface area (Å²) >= 11 is 0. The Morgan fingerprint density at radius 3 is 2.64 bits per heavy atom. The van der Waals surface area contributed by atoms with E-state index < -0.39 is 6.67 Å². The maximum absolute atomic E-state index is 12.6. The first-order valence-corrected chi connectivity index (χ1v) is 10.1. The van der Waals surface area contributed by atoms with Crippen LogP contribution in [0.15, 0.2) is 55.0 Å². The van der Waals surface area contributed by atoms with Gasteiger partial charge in [0.2, 0.25) is 0 Å². The zero-order chi connectivity index (χ0) is 19.2. The number of ether oxygens (including phenoxy) is 1. The quantitative estimate of drug-likeness (QED) is 0.842. The number of alkyl halides is 1. The highest BCUT2D eigenvalue weighted by Crippen LogP contribution is 2.39. The van der Waals surface area contributed by atoms with E-state index in [0.717, 1.165) is 43.6 Å². The number of nitrogens with one attached hydrogen (secondary N) is 1. The van der Waals surface area contributed by atoms with Crippen LogP contribution in [0.1, 0.15) is 37.8 Å². The van der Waals surface area contributed by atoms with E-state index >= 15 is 0 Å². The van der Waals surface area contributed by atoms with Gasteiger partial charge in [-0.15, -0.1) is 0 Å².